The lowest BCUT2D eigenvalue weighted by atomic mass is 10.0. The van der Waals surface area contributed by atoms with Gasteiger partial charge < -0.3 is 10.6 Å². The lowest BCUT2D eigenvalue weighted by Crippen LogP contribution is -2.37. The number of nitrogens with one attached hydrogen (secondary N) is 2. The van der Waals surface area contributed by atoms with Gasteiger partial charge in [-0.2, -0.15) is 11.3 Å². The van der Waals surface area contributed by atoms with Crippen molar-refractivity contribution < 1.29 is 0 Å². The highest BCUT2D eigenvalue weighted by atomic mass is 32.1. The molecule has 0 fully saturated rings. The molecule has 27 heavy (non-hydrogen) atoms. The van der Waals surface area contributed by atoms with Crippen molar-refractivity contribution in [3.63, 3.8) is 0 Å². The second-order valence-corrected chi connectivity index (χ2v) is 7.05. The Balaban J connectivity index is 1.52. The summed E-state index contributed by atoms with van der Waals surface area (Å²) in [4.78, 5) is 27.9. The number of benzene rings is 1. The third-order valence-corrected chi connectivity index (χ3v) is 5.17. The molecule has 2 aromatic heterocycles. The molecule has 0 saturated heterocycles. The van der Waals surface area contributed by atoms with E-state index in [1.807, 2.05) is 19.1 Å². The molecule has 2 heterocycles. The number of rotatable bonds is 6. The van der Waals surface area contributed by atoms with E-state index in [-0.39, 0.29) is 6.04 Å². The molecule has 0 amide bonds. The average molecular weight is 375 g/mol. The standard InChI is InChI=1S/C21H17N3O2S/c1-13(14-2-4-15(5-3-14)16-8-11-27-12-16)23-18-19(21(26)20(18)25)24-17-6-9-22-10-7-17/h2-13,23H,1H3,(H,22,24). The van der Waals surface area contributed by atoms with Gasteiger partial charge in [0.05, 0.1) is 0 Å². The van der Waals surface area contributed by atoms with Crippen LogP contribution < -0.4 is 21.5 Å². The molecule has 0 spiro atoms. The maximum Gasteiger partial charge on any atom is 0.253 e. The van der Waals surface area contributed by atoms with E-state index in [0.29, 0.717) is 17.1 Å². The van der Waals surface area contributed by atoms with Crippen molar-refractivity contribution in [3.8, 4) is 11.1 Å². The van der Waals surface area contributed by atoms with E-state index >= 15 is 0 Å². The molecular weight excluding hydrogens is 358 g/mol. The molecule has 0 saturated carbocycles. The van der Waals surface area contributed by atoms with Gasteiger partial charge in [-0.1, -0.05) is 24.3 Å². The molecule has 5 nitrogen and oxygen atoms in total. The second kappa shape index (κ2) is 7.17. The van der Waals surface area contributed by atoms with E-state index in [1.54, 1.807) is 35.9 Å². The van der Waals surface area contributed by atoms with Gasteiger partial charge in [-0.05, 0) is 52.6 Å². The van der Waals surface area contributed by atoms with E-state index in [9.17, 15) is 9.59 Å². The summed E-state index contributed by atoms with van der Waals surface area (Å²) < 4.78 is 0. The van der Waals surface area contributed by atoms with Crippen LogP contribution >= 0.6 is 11.3 Å². The van der Waals surface area contributed by atoms with E-state index in [0.717, 1.165) is 11.1 Å². The lowest BCUT2D eigenvalue weighted by Gasteiger charge is -2.20. The predicted octanol–water partition coefficient (Wildman–Crippen LogP) is 4.32. The molecule has 1 unspecified atom stereocenters. The van der Waals surface area contributed by atoms with Crippen molar-refractivity contribution in [3.05, 3.63) is 91.6 Å². The van der Waals surface area contributed by atoms with Gasteiger partial charge >= 0.3 is 0 Å². The van der Waals surface area contributed by atoms with Crippen molar-refractivity contribution in [1.82, 2.24) is 4.98 Å². The topological polar surface area (TPSA) is 71.1 Å². The summed E-state index contributed by atoms with van der Waals surface area (Å²) in [5.41, 5.74) is 3.73. The zero-order valence-electron chi connectivity index (χ0n) is 14.6. The van der Waals surface area contributed by atoms with E-state index < -0.39 is 10.9 Å². The maximum atomic E-state index is 12.0. The highest BCUT2D eigenvalue weighted by Gasteiger charge is 2.22. The zero-order valence-corrected chi connectivity index (χ0v) is 15.4. The Kier molecular flexibility index (Phi) is 4.56. The van der Waals surface area contributed by atoms with E-state index in [4.69, 9.17) is 0 Å². The Bertz CT molecular complexity index is 1110. The first-order chi connectivity index (χ1) is 13.1. The summed E-state index contributed by atoms with van der Waals surface area (Å²) in [6.07, 6.45) is 3.25. The molecule has 2 N–H and O–H groups in total. The number of aromatic nitrogens is 1. The van der Waals surface area contributed by atoms with Gasteiger partial charge in [0.15, 0.2) is 0 Å². The summed E-state index contributed by atoms with van der Waals surface area (Å²) in [5, 5.41) is 10.3. The number of thiophene rings is 1. The zero-order chi connectivity index (χ0) is 18.8. The summed E-state index contributed by atoms with van der Waals surface area (Å²) in [7, 11) is 0. The van der Waals surface area contributed by atoms with Crippen LogP contribution in [0.15, 0.2) is 75.2 Å². The largest absolute Gasteiger partial charge is 0.373 e. The van der Waals surface area contributed by atoms with Gasteiger partial charge in [0.2, 0.25) is 0 Å². The number of anilines is 3. The molecule has 6 heteroatoms. The summed E-state index contributed by atoms with van der Waals surface area (Å²) in [6, 6.07) is 13.7. The number of pyridine rings is 1. The summed E-state index contributed by atoms with van der Waals surface area (Å²) >= 11 is 1.67. The van der Waals surface area contributed by atoms with Crippen molar-refractivity contribution >= 4 is 28.4 Å². The Labute approximate surface area is 160 Å². The van der Waals surface area contributed by atoms with Crippen molar-refractivity contribution in [1.29, 1.82) is 0 Å². The first-order valence-electron chi connectivity index (χ1n) is 8.53. The van der Waals surface area contributed by atoms with E-state index in [1.165, 1.54) is 5.56 Å². The third-order valence-electron chi connectivity index (χ3n) is 4.49. The minimum atomic E-state index is -0.505. The van der Waals surface area contributed by atoms with Crippen LogP contribution in [0.2, 0.25) is 0 Å². The molecule has 0 aliphatic heterocycles. The molecule has 4 aromatic rings. The summed E-state index contributed by atoms with van der Waals surface area (Å²) in [6.45, 7) is 1.97. The fourth-order valence-electron chi connectivity index (χ4n) is 2.92. The van der Waals surface area contributed by atoms with Crippen LogP contribution in [0.25, 0.3) is 11.1 Å². The molecule has 1 atom stereocenters. The molecule has 0 aliphatic carbocycles. The van der Waals surface area contributed by atoms with Gasteiger partial charge in [0.25, 0.3) is 10.9 Å². The SMILES string of the molecule is CC(Nc1c(Nc2ccncc2)c(=O)c1=O)c1ccc(-c2ccsc2)cc1. The van der Waals surface area contributed by atoms with Crippen molar-refractivity contribution in [2.75, 3.05) is 10.6 Å². The Morgan fingerprint density at radius 3 is 2.26 bits per heavy atom. The first-order valence-corrected chi connectivity index (χ1v) is 9.47. The molecule has 0 bridgehead atoms. The Hall–Kier alpha value is -3.25. The fraction of sp³-hybridized carbons (Fsp3) is 0.0952. The molecular formula is C21H17N3O2S. The minimum Gasteiger partial charge on any atom is -0.373 e. The van der Waals surface area contributed by atoms with Crippen LogP contribution in [-0.4, -0.2) is 4.98 Å². The monoisotopic (exact) mass is 375 g/mol. The average Bonchev–Trinajstić information content (AvgIpc) is 3.26. The predicted molar refractivity (Wildman–Crippen MR) is 111 cm³/mol. The quantitative estimate of drug-likeness (QED) is 0.491. The van der Waals surface area contributed by atoms with Gasteiger partial charge in [0.1, 0.15) is 11.4 Å². The number of hydrogen-bond acceptors (Lipinski definition) is 6. The van der Waals surface area contributed by atoms with Gasteiger partial charge in [-0.25, -0.2) is 0 Å². The molecule has 4 rings (SSSR count). The smallest absolute Gasteiger partial charge is 0.253 e. The molecule has 2 aromatic carbocycles. The van der Waals surface area contributed by atoms with Crippen molar-refractivity contribution in [2.24, 2.45) is 0 Å². The van der Waals surface area contributed by atoms with Crippen molar-refractivity contribution in [2.45, 2.75) is 13.0 Å². The highest BCUT2D eigenvalue weighted by Crippen LogP contribution is 2.27. The van der Waals surface area contributed by atoms with Crippen LogP contribution in [0.1, 0.15) is 18.5 Å². The molecule has 134 valence electrons. The Morgan fingerprint density at radius 2 is 1.59 bits per heavy atom. The normalized spacial score (nSPS) is 12.0. The van der Waals surface area contributed by atoms with Crippen LogP contribution in [-0.2, 0) is 0 Å². The van der Waals surface area contributed by atoms with E-state index in [2.05, 4.69) is 44.6 Å². The Morgan fingerprint density at radius 1 is 0.889 bits per heavy atom. The van der Waals surface area contributed by atoms with Gasteiger partial charge in [-0.3, -0.25) is 14.6 Å². The van der Waals surface area contributed by atoms with Crippen LogP contribution in [0, 0.1) is 0 Å². The lowest BCUT2D eigenvalue weighted by molar-refractivity contribution is 0.880. The van der Waals surface area contributed by atoms with Crippen LogP contribution in [0.4, 0.5) is 17.1 Å². The number of hydrogen-bond donors (Lipinski definition) is 2. The van der Waals surface area contributed by atoms with Crippen LogP contribution in [0.3, 0.4) is 0 Å². The highest BCUT2D eigenvalue weighted by molar-refractivity contribution is 7.08. The maximum absolute atomic E-state index is 12.0. The van der Waals surface area contributed by atoms with Gasteiger partial charge in [0, 0.05) is 24.1 Å². The molecule has 0 radical (unpaired) electrons. The van der Waals surface area contributed by atoms with Crippen LogP contribution in [0.5, 0.6) is 0 Å². The molecule has 0 aliphatic rings. The number of nitrogens with zero attached hydrogens (tertiary/aromatic N) is 1. The minimum absolute atomic E-state index is 0.109. The fourth-order valence-corrected chi connectivity index (χ4v) is 3.59. The summed E-state index contributed by atoms with van der Waals surface area (Å²) in [5.74, 6) is 0. The van der Waals surface area contributed by atoms with Gasteiger partial charge in [-0.15, -0.1) is 0 Å². The second-order valence-electron chi connectivity index (χ2n) is 6.27. The third kappa shape index (κ3) is 3.39. The first kappa shape index (κ1) is 17.2.